The van der Waals surface area contributed by atoms with Crippen molar-refractivity contribution >= 4 is 29.2 Å². The van der Waals surface area contributed by atoms with Crippen molar-refractivity contribution in [3.05, 3.63) is 95.6 Å². The maximum atomic E-state index is 13.3. The van der Waals surface area contributed by atoms with E-state index in [1.165, 1.54) is 5.56 Å². The van der Waals surface area contributed by atoms with Gasteiger partial charge in [-0.1, -0.05) is 75.4 Å². The lowest BCUT2D eigenvalue weighted by Crippen LogP contribution is -2.42. The summed E-state index contributed by atoms with van der Waals surface area (Å²) >= 11 is 0. The Morgan fingerprint density at radius 2 is 1.46 bits per heavy atom. The molecule has 3 aromatic rings. The number of ether oxygens (including phenoxy) is 1. The van der Waals surface area contributed by atoms with Crippen molar-refractivity contribution in [2.75, 3.05) is 56.6 Å². The molecule has 0 atom stereocenters. The second-order valence-electron chi connectivity index (χ2n) is 13.0. The van der Waals surface area contributed by atoms with Crippen LogP contribution in [0, 0.1) is 5.41 Å². The number of nitrogens with zero attached hydrogens (tertiary/aromatic N) is 2. The van der Waals surface area contributed by atoms with E-state index in [1.807, 2.05) is 68.1 Å². The number of hydrogen-bond acceptors (Lipinski definition) is 5. The molecule has 0 aliphatic carbocycles. The zero-order chi connectivity index (χ0) is 32.8. The van der Waals surface area contributed by atoms with Gasteiger partial charge in [0.2, 0.25) is 5.91 Å². The Balaban J connectivity index is 1.34. The van der Waals surface area contributed by atoms with Crippen molar-refractivity contribution < 1.29 is 19.1 Å². The summed E-state index contributed by atoms with van der Waals surface area (Å²) in [6, 6.07) is 24.7. The van der Waals surface area contributed by atoms with Gasteiger partial charge in [0.1, 0.15) is 0 Å². The van der Waals surface area contributed by atoms with Crippen LogP contribution in [0.15, 0.2) is 78.9 Å². The first kappa shape index (κ1) is 34.7. The molecular formula is C37H49N5O4. The minimum Gasteiger partial charge on any atom is -0.379 e. The minimum absolute atomic E-state index is 0.0815. The molecule has 246 valence electrons. The molecule has 1 heterocycles. The van der Waals surface area contributed by atoms with E-state index in [4.69, 9.17) is 4.74 Å². The molecule has 4 amide bonds. The zero-order valence-electron chi connectivity index (χ0n) is 27.5. The van der Waals surface area contributed by atoms with Gasteiger partial charge < -0.3 is 25.6 Å². The van der Waals surface area contributed by atoms with Crippen LogP contribution in [0.25, 0.3) is 0 Å². The molecule has 0 unspecified atom stereocenters. The Bertz CT molecular complexity index is 1400. The topological polar surface area (TPSA) is 103 Å². The molecule has 0 radical (unpaired) electrons. The molecule has 3 aromatic carbocycles. The van der Waals surface area contributed by atoms with E-state index >= 15 is 0 Å². The molecule has 3 N–H and O–H groups in total. The molecule has 9 heteroatoms. The summed E-state index contributed by atoms with van der Waals surface area (Å²) in [5.41, 5.74) is 3.64. The Labute approximate surface area is 273 Å². The van der Waals surface area contributed by atoms with Crippen molar-refractivity contribution in [2.45, 2.75) is 53.0 Å². The second-order valence-corrected chi connectivity index (χ2v) is 13.0. The van der Waals surface area contributed by atoms with Crippen molar-refractivity contribution in [3.63, 3.8) is 0 Å². The normalized spacial score (nSPS) is 13.5. The van der Waals surface area contributed by atoms with Crippen molar-refractivity contribution in [1.29, 1.82) is 0 Å². The van der Waals surface area contributed by atoms with Crippen LogP contribution >= 0.6 is 0 Å². The van der Waals surface area contributed by atoms with Crippen LogP contribution in [-0.2, 0) is 22.5 Å². The van der Waals surface area contributed by atoms with Crippen molar-refractivity contribution in [1.82, 2.24) is 15.1 Å². The summed E-state index contributed by atoms with van der Waals surface area (Å²) in [4.78, 5) is 43.2. The van der Waals surface area contributed by atoms with Gasteiger partial charge in [-0.2, -0.15) is 0 Å². The Morgan fingerprint density at radius 1 is 0.804 bits per heavy atom. The maximum Gasteiger partial charge on any atom is 0.317 e. The van der Waals surface area contributed by atoms with Crippen LogP contribution < -0.4 is 16.0 Å². The highest BCUT2D eigenvalue weighted by Crippen LogP contribution is 2.25. The quantitative estimate of drug-likeness (QED) is 0.185. The standard InChI is InChI=1S/C37H49N5O4/c1-37(2,3)27-34(43)39-32-14-7-8-15-33(32)40-35(44)31-18-16-30(17-19-31)28-42(22-10-21-41-23-25-46-26-24-41)36(45)38-20-9-13-29-11-5-4-6-12-29/h4-8,11-12,14-19H,9-10,13,20-28H2,1-3H3,(H,38,45)(H,39,43)(H,40,44). The summed E-state index contributed by atoms with van der Waals surface area (Å²) in [5, 5.41) is 8.96. The van der Waals surface area contributed by atoms with Gasteiger partial charge in [-0.25, -0.2) is 4.79 Å². The third-order valence-corrected chi connectivity index (χ3v) is 7.78. The van der Waals surface area contributed by atoms with E-state index in [2.05, 4.69) is 33.0 Å². The van der Waals surface area contributed by atoms with Gasteiger partial charge in [0.25, 0.3) is 5.91 Å². The highest BCUT2D eigenvalue weighted by molar-refractivity contribution is 6.07. The summed E-state index contributed by atoms with van der Waals surface area (Å²) in [7, 11) is 0. The number of urea groups is 1. The fourth-order valence-corrected chi connectivity index (χ4v) is 5.36. The third kappa shape index (κ3) is 11.9. The van der Waals surface area contributed by atoms with Crippen molar-refractivity contribution in [2.24, 2.45) is 5.41 Å². The summed E-state index contributed by atoms with van der Waals surface area (Å²) < 4.78 is 5.47. The van der Waals surface area contributed by atoms with Gasteiger partial charge in [-0.15, -0.1) is 0 Å². The number of rotatable bonds is 14. The second kappa shape index (κ2) is 17.5. The molecule has 0 aromatic heterocycles. The Kier molecular flexibility index (Phi) is 13.2. The van der Waals surface area contributed by atoms with Gasteiger partial charge >= 0.3 is 6.03 Å². The smallest absolute Gasteiger partial charge is 0.317 e. The fourth-order valence-electron chi connectivity index (χ4n) is 5.36. The first-order valence-electron chi connectivity index (χ1n) is 16.3. The van der Waals surface area contributed by atoms with E-state index in [-0.39, 0.29) is 23.3 Å². The number of aryl methyl sites for hydroxylation is 1. The number of para-hydroxylation sites is 2. The van der Waals surface area contributed by atoms with Crippen LogP contribution in [0.4, 0.5) is 16.2 Å². The third-order valence-electron chi connectivity index (χ3n) is 7.78. The predicted octanol–water partition coefficient (Wildman–Crippen LogP) is 6.18. The van der Waals surface area contributed by atoms with Gasteiger partial charge in [0.15, 0.2) is 0 Å². The highest BCUT2D eigenvalue weighted by atomic mass is 16.5. The molecule has 1 aliphatic rings. The van der Waals surface area contributed by atoms with Crippen molar-refractivity contribution in [3.8, 4) is 0 Å². The molecule has 1 aliphatic heterocycles. The Morgan fingerprint density at radius 3 is 2.13 bits per heavy atom. The summed E-state index contributed by atoms with van der Waals surface area (Å²) in [6.45, 7) is 12.0. The average Bonchev–Trinajstić information content (AvgIpc) is 3.04. The lowest BCUT2D eigenvalue weighted by Gasteiger charge is -2.28. The minimum atomic E-state index is -0.275. The van der Waals surface area contributed by atoms with Crippen LogP contribution in [-0.4, -0.2) is 73.6 Å². The first-order chi connectivity index (χ1) is 22.2. The van der Waals surface area contributed by atoms with Gasteiger partial charge in [-0.05, 0) is 60.1 Å². The molecule has 1 fully saturated rings. The van der Waals surface area contributed by atoms with E-state index in [9.17, 15) is 14.4 Å². The zero-order valence-corrected chi connectivity index (χ0v) is 27.5. The molecule has 0 bridgehead atoms. The monoisotopic (exact) mass is 627 g/mol. The van der Waals surface area contributed by atoms with Crippen LogP contribution in [0.5, 0.6) is 0 Å². The molecule has 9 nitrogen and oxygen atoms in total. The number of amides is 4. The van der Waals surface area contributed by atoms with Crippen LogP contribution in [0.1, 0.15) is 61.5 Å². The van der Waals surface area contributed by atoms with Gasteiger partial charge in [0.05, 0.1) is 24.6 Å². The number of carbonyl (C=O) groups is 3. The number of carbonyl (C=O) groups excluding carboxylic acids is 3. The fraction of sp³-hybridized carbons (Fsp3) is 0.432. The number of morpholine rings is 1. The number of anilines is 2. The number of hydrogen-bond donors (Lipinski definition) is 3. The van der Waals surface area contributed by atoms with Gasteiger partial charge in [-0.3, -0.25) is 14.5 Å². The van der Waals surface area contributed by atoms with E-state index in [0.717, 1.165) is 57.7 Å². The van der Waals surface area contributed by atoms with E-state index in [1.54, 1.807) is 24.3 Å². The molecule has 0 spiro atoms. The van der Waals surface area contributed by atoms with Crippen LogP contribution in [0.3, 0.4) is 0 Å². The van der Waals surface area contributed by atoms with E-state index < -0.39 is 0 Å². The first-order valence-corrected chi connectivity index (χ1v) is 16.3. The number of benzene rings is 3. The summed E-state index contributed by atoms with van der Waals surface area (Å²) in [6.07, 6.45) is 3.01. The lowest BCUT2D eigenvalue weighted by atomic mass is 9.92. The van der Waals surface area contributed by atoms with E-state index in [0.29, 0.717) is 43.0 Å². The molecular weight excluding hydrogens is 578 g/mol. The SMILES string of the molecule is CC(C)(C)CC(=O)Nc1ccccc1NC(=O)c1ccc(CN(CCCN2CCOCC2)C(=O)NCCCc2ccccc2)cc1. The highest BCUT2D eigenvalue weighted by Gasteiger charge is 2.19. The summed E-state index contributed by atoms with van der Waals surface area (Å²) in [5.74, 6) is -0.379. The molecule has 0 saturated carbocycles. The molecule has 4 rings (SSSR count). The van der Waals surface area contributed by atoms with Crippen LogP contribution in [0.2, 0.25) is 0 Å². The number of nitrogens with one attached hydrogen (secondary N) is 3. The lowest BCUT2D eigenvalue weighted by molar-refractivity contribution is -0.117. The molecule has 1 saturated heterocycles. The Hall–Kier alpha value is -4.21. The predicted molar refractivity (Wildman–Crippen MR) is 184 cm³/mol. The van der Waals surface area contributed by atoms with Gasteiger partial charge in [0, 0.05) is 51.3 Å². The maximum absolute atomic E-state index is 13.3. The average molecular weight is 628 g/mol. The molecule has 46 heavy (non-hydrogen) atoms. The largest absolute Gasteiger partial charge is 0.379 e.